The number of hydrogen-bond donors (Lipinski definition) is 2. The lowest BCUT2D eigenvalue weighted by atomic mass is 9.96. The first-order valence-electron chi connectivity index (χ1n) is 6.98. The lowest BCUT2D eigenvalue weighted by Gasteiger charge is -2.26. The fourth-order valence-electron chi connectivity index (χ4n) is 2.18. The van der Waals surface area contributed by atoms with Crippen LogP contribution >= 0.6 is 0 Å². The van der Waals surface area contributed by atoms with E-state index in [0.29, 0.717) is 5.56 Å². The summed E-state index contributed by atoms with van der Waals surface area (Å²) in [4.78, 5) is 11.6. The molecule has 0 amide bonds. The molecule has 2 N–H and O–H groups in total. The highest BCUT2D eigenvalue weighted by Gasteiger charge is 2.36. The fraction of sp³-hybridized carbons (Fsp3) is 0.235. The van der Waals surface area contributed by atoms with E-state index in [-0.39, 0.29) is 17.9 Å². The third kappa shape index (κ3) is 4.18. The zero-order chi connectivity index (χ0) is 18.0. The Bertz CT molecular complexity index is 725. The summed E-state index contributed by atoms with van der Waals surface area (Å²) in [6.45, 7) is 1.32. The minimum Gasteiger partial charge on any atom is -0.508 e. The number of carboxylic acids is 1. The van der Waals surface area contributed by atoms with Gasteiger partial charge in [-0.05, 0) is 48.9 Å². The van der Waals surface area contributed by atoms with E-state index in [0.717, 1.165) is 24.3 Å². The van der Waals surface area contributed by atoms with Gasteiger partial charge in [0.05, 0.1) is 5.56 Å². The van der Waals surface area contributed by atoms with Crippen LogP contribution in [0.5, 0.6) is 11.5 Å². The number of carboxylic acid groups (broad SMARTS) is 1. The molecule has 0 aliphatic heterocycles. The van der Waals surface area contributed by atoms with Gasteiger partial charge in [-0.15, -0.1) is 0 Å². The van der Waals surface area contributed by atoms with Crippen molar-refractivity contribution in [3.63, 3.8) is 0 Å². The van der Waals surface area contributed by atoms with E-state index < -0.39 is 23.3 Å². The Kier molecular flexibility index (Phi) is 4.73. The Morgan fingerprint density at radius 3 is 2.25 bits per heavy atom. The van der Waals surface area contributed by atoms with Crippen molar-refractivity contribution < 1.29 is 32.9 Å². The van der Waals surface area contributed by atoms with E-state index >= 15 is 0 Å². The molecule has 0 bridgehead atoms. The Morgan fingerprint density at radius 1 is 1.12 bits per heavy atom. The van der Waals surface area contributed by atoms with E-state index in [2.05, 4.69) is 0 Å². The molecular formula is C17H15F3O4. The van der Waals surface area contributed by atoms with Gasteiger partial charge in [0.2, 0.25) is 5.60 Å². The van der Waals surface area contributed by atoms with Gasteiger partial charge in [-0.25, -0.2) is 4.79 Å². The number of hydrogen-bond acceptors (Lipinski definition) is 3. The molecule has 0 heterocycles. The van der Waals surface area contributed by atoms with E-state index in [1.807, 2.05) is 0 Å². The predicted molar refractivity (Wildman–Crippen MR) is 79.9 cm³/mol. The fourth-order valence-corrected chi connectivity index (χ4v) is 2.18. The number of benzene rings is 2. The summed E-state index contributed by atoms with van der Waals surface area (Å²) in [6, 6.07) is 9.83. The van der Waals surface area contributed by atoms with Crippen LogP contribution in [0.15, 0.2) is 48.5 Å². The zero-order valence-corrected chi connectivity index (χ0v) is 12.7. The Morgan fingerprint density at radius 2 is 1.75 bits per heavy atom. The van der Waals surface area contributed by atoms with E-state index in [4.69, 9.17) is 4.74 Å². The molecule has 7 heteroatoms. The molecular weight excluding hydrogens is 325 g/mol. The van der Waals surface area contributed by atoms with Crippen molar-refractivity contribution in [3.05, 3.63) is 59.7 Å². The molecule has 0 aliphatic rings. The predicted octanol–water partition coefficient (Wildman–Crippen LogP) is 3.88. The Balaban J connectivity index is 2.23. The first-order valence-corrected chi connectivity index (χ1v) is 6.98. The molecule has 0 aliphatic carbocycles. The average Bonchev–Trinajstić information content (AvgIpc) is 2.46. The second-order valence-corrected chi connectivity index (χ2v) is 5.51. The van der Waals surface area contributed by atoms with Crippen molar-refractivity contribution >= 4 is 5.97 Å². The highest BCUT2D eigenvalue weighted by Crippen LogP contribution is 2.31. The second-order valence-electron chi connectivity index (χ2n) is 5.51. The first-order chi connectivity index (χ1) is 11.1. The van der Waals surface area contributed by atoms with E-state index in [9.17, 15) is 28.2 Å². The molecule has 2 aromatic carbocycles. The third-order valence-corrected chi connectivity index (χ3v) is 3.43. The van der Waals surface area contributed by atoms with Crippen LogP contribution in [-0.2, 0) is 17.4 Å². The minimum atomic E-state index is -4.48. The quantitative estimate of drug-likeness (QED) is 0.867. The second kappa shape index (κ2) is 6.43. The molecule has 4 nitrogen and oxygen atoms in total. The molecule has 0 unspecified atom stereocenters. The van der Waals surface area contributed by atoms with Crippen molar-refractivity contribution in [1.29, 1.82) is 0 Å². The number of aliphatic carboxylic acids is 1. The number of rotatable bonds is 5. The maximum absolute atomic E-state index is 12.6. The molecule has 0 radical (unpaired) electrons. The maximum Gasteiger partial charge on any atom is 0.416 e. The van der Waals surface area contributed by atoms with Gasteiger partial charge >= 0.3 is 12.1 Å². The van der Waals surface area contributed by atoms with Crippen LogP contribution in [0, 0.1) is 0 Å². The summed E-state index contributed by atoms with van der Waals surface area (Å²) >= 11 is 0. The van der Waals surface area contributed by atoms with Gasteiger partial charge in [-0.2, -0.15) is 13.2 Å². The van der Waals surface area contributed by atoms with E-state index in [1.165, 1.54) is 19.1 Å². The molecule has 128 valence electrons. The molecule has 0 spiro atoms. The summed E-state index contributed by atoms with van der Waals surface area (Å²) in [5.41, 5.74) is -2.03. The number of carbonyl (C=O) groups is 1. The number of halogens is 3. The van der Waals surface area contributed by atoms with Gasteiger partial charge in [0, 0.05) is 6.42 Å². The van der Waals surface area contributed by atoms with E-state index in [1.54, 1.807) is 12.1 Å². The molecule has 1 atom stereocenters. The van der Waals surface area contributed by atoms with Crippen LogP contribution in [0.25, 0.3) is 0 Å². The summed E-state index contributed by atoms with van der Waals surface area (Å²) in [6.07, 6.45) is -4.55. The highest BCUT2D eigenvalue weighted by molar-refractivity contribution is 5.78. The first kappa shape index (κ1) is 17.7. The number of alkyl halides is 3. The lowest BCUT2D eigenvalue weighted by Crippen LogP contribution is -2.43. The van der Waals surface area contributed by atoms with Crippen LogP contribution in [0.1, 0.15) is 18.1 Å². The molecule has 24 heavy (non-hydrogen) atoms. The van der Waals surface area contributed by atoms with Crippen molar-refractivity contribution in [1.82, 2.24) is 0 Å². The average molecular weight is 340 g/mol. The monoisotopic (exact) mass is 340 g/mol. The molecule has 0 saturated heterocycles. The Hall–Kier alpha value is -2.70. The molecule has 0 aromatic heterocycles. The van der Waals surface area contributed by atoms with Crippen LogP contribution in [-0.4, -0.2) is 21.8 Å². The van der Waals surface area contributed by atoms with Crippen LogP contribution in [0.4, 0.5) is 13.2 Å². The number of ether oxygens (including phenoxy) is 1. The highest BCUT2D eigenvalue weighted by atomic mass is 19.4. The normalized spacial score (nSPS) is 14.0. The summed E-state index contributed by atoms with van der Waals surface area (Å²) < 4.78 is 43.1. The van der Waals surface area contributed by atoms with Crippen molar-refractivity contribution in [2.45, 2.75) is 25.1 Å². The topological polar surface area (TPSA) is 66.8 Å². The van der Waals surface area contributed by atoms with Gasteiger partial charge in [-0.1, -0.05) is 12.1 Å². The van der Waals surface area contributed by atoms with Crippen molar-refractivity contribution in [2.24, 2.45) is 0 Å². The maximum atomic E-state index is 12.6. The van der Waals surface area contributed by atoms with Crippen LogP contribution in [0.3, 0.4) is 0 Å². The summed E-state index contributed by atoms with van der Waals surface area (Å²) in [5.74, 6) is -1.28. The lowest BCUT2D eigenvalue weighted by molar-refractivity contribution is -0.153. The van der Waals surface area contributed by atoms with Crippen LogP contribution < -0.4 is 4.74 Å². The smallest absolute Gasteiger partial charge is 0.416 e. The SMILES string of the molecule is C[C@@](Cc1cccc(O)c1)(Oc1ccc(C(F)(F)F)cc1)C(=O)O. The van der Waals surface area contributed by atoms with Crippen LogP contribution in [0.2, 0.25) is 0 Å². The number of phenols is 1. The van der Waals surface area contributed by atoms with Gasteiger partial charge in [-0.3, -0.25) is 0 Å². The van der Waals surface area contributed by atoms with Gasteiger partial charge in [0.1, 0.15) is 11.5 Å². The summed E-state index contributed by atoms with van der Waals surface area (Å²) in [7, 11) is 0. The molecule has 0 saturated carbocycles. The molecule has 2 aromatic rings. The van der Waals surface area contributed by atoms with Gasteiger partial charge < -0.3 is 14.9 Å². The van der Waals surface area contributed by atoms with Crippen molar-refractivity contribution in [2.75, 3.05) is 0 Å². The Labute approximate surface area is 136 Å². The van der Waals surface area contributed by atoms with Gasteiger partial charge in [0.15, 0.2) is 0 Å². The largest absolute Gasteiger partial charge is 0.508 e. The number of aromatic hydroxyl groups is 1. The number of phenolic OH excluding ortho intramolecular Hbond substituents is 1. The zero-order valence-electron chi connectivity index (χ0n) is 12.7. The van der Waals surface area contributed by atoms with Crippen molar-refractivity contribution in [3.8, 4) is 11.5 Å². The van der Waals surface area contributed by atoms with Gasteiger partial charge in [0.25, 0.3) is 0 Å². The standard InChI is InChI=1S/C17H15F3O4/c1-16(15(22)23,10-11-3-2-4-13(21)9-11)24-14-7-5-12(6-8-14)17(18,19)20/h2-9,21H,10H2,1H3,(H,22,23)/t16-/m0/s1. The summed E-state index contributed by atoms with van der Waals surface area (Å²) in [5, 5.41) is 18.9. The third-order valence-electron chi connectivity index (χ3n) is 3.43. The molecule has 2 rings (SSSR count). The molecule has 0 fully saturated rings. The minimum absolute atomic E-state index is 0.00746.